The Morgan fingerprint density at radius 1 is 1.62 bits per heavy atom. The van der Waals surface area contributed by atoms with Gasteiger partial charge in [-0.3, -0.25) is 0 Å². The number of nitrogens with two attached hydrogens (primary N) is 1. The highest BCUT2D eigenvalue weighted by Gasteiger charge is 2.17. The van der Waals surface area contributed by atoms with Crippen LogP contribution in [-0.2, 0) is 17.8 Å². The number of aromatic carboxylic acids is 1. The number of carboxylic acid groups (broad SMARTS) is 1. The molecule has 0 radical (unpaired) electrons. The van der Waals surface area contributed by atoms with Crippen molar-refractivity contribution < 1.29 is 14.6 Å². The van der Waals surface area contributed by atoms with Crippen molar-refractivity contribution in [2.45, 2.75) is 33.0 Å². The highest BCUT2D eigenvalue weighted by atomic mass is 16.5. The summed E-state index contributed by atoms with van der Waals surface area (Å²) in [7, 11) is 0. The second kappa shape index (κ2) is 5.57. The van der Waals surface area contributed by atoms with Crippen LogP contribution in [0.2, 0.25) is 0 Å². The lowest BCUT2D eigenvalue weighted by atomic mass is 10.3. The van der Waals surface area contributed by atoms with Crippen molar-refractivity contribution in [1.29, 1.82) is 0 Å². The lowest BCUT2D eigenvalue weighted by Gasteiger charge is -2.08. The van der Waals surface area contributed by atoms with Crippen LogP contribution in [0.4, 0.5) is 0 Å². The van der Waals surface area contributed by atoms with E-state index in [0.29, 0.717) is 18.8 Å². The first kappa shape index (κ1) is 12.6. The summed E-state index contributed by atoms with van der Waals surface area (Å²) in [5.74, 6) is -1.11. The predicted octanol–water partition coefficient (Wildman–Crippen LogP) is -0.140. The van der Waals surface area contributed by atoms with E-state index in [1.165, 1.54) is 4.68 Å². The predicted molar refractivity (Wildman–Crippen MR) is 56.0 cm³/mol. The smallest absolute Gasteiger partial charge is 0.358 e. The minimum absolute atomic E-state index is 0.0907. The van der Waals surface area contributed by atoms with Crippen molar-refractivity contribution in [3.8, 4) is 0 Å². The van der Waals surface area contributed by atoms with Gasteiger partial charge in [0.2, 0.25) is 0 Å². The SMILES string of the molecule is CC(C)OCCn1nnc(C(=O)O)c1CN. The fourth-order valence-corrected chi connectivity index (χ4v) is 1.26. The standard InChI is InChI=1S/C9H16N4O3/c1-6(2)16-4-3-13-7(5-10)8(9(14)15)11-12-13/h6H,3-5,10H2,1-2H3,(H,14,15). The van der Waals surface area contributed by atoms with Gasteiger partial charge in [0.15, 0.2) is 5.69 Å². The first-order chi connectivity index (χ1) is 7.56. The molecule has 90 valence electrons. The van der Waals surface area contributed by atoms with Crippen molar-refractivity contribution >= 4 is 5.97 Å². The Balaban J connectivity index is 2.69. The van der Waals surface area contributed by atoms with Crippen LogP contribution in [-0.4, -0.2) is 38.8 Å². The molecule has 0 amide bonds. The van der Waals surface area contributed by atoms with Crippen LogP contribution in [0.1, 0.15) is 30.0 Å². The van der Waals surface area contributed by atoms with Crippen LogP contribution in [0.25, 0.3) is 0 Å². The molecule has 1 heterocycles. The third-order valence-corrected chi connectivity index (χ3v) is 1.99. The van der Waals surface area contributed by atoms with E-state index in [4.69, 9.17) is 15.6 Å². The van der Waals surface area contributed by atoms with Crippen molar-refractivity contribution in [1.82, 2.24) is 15.0 Å². The summed E-state index contributed by atoms with van der Waals surface area (Å²) in [6.45, 7) is 4.84. The molecule has 0 unspecified atom stereocenters. The van der Waals surface area contributed by atoms with Gasteiger partial charge in [-0.25, -0.2) is 9.48 Å². The Morgan fingerprint density at radius 3 is 2.81 bits per heavy atom. The molecule has 3 N–H and O–H groups in total. The summed E-state index contributed by atoms with van der Waals surface area (Å²) < 4.78 is 6.80. The Kier molecular flexibility index (Phi) is 4.39. The van der Waals surface area contributed by atoms with Crippen molar-refractivity contribution in [2.75, 3.05) is 6.61 Å². The molecule has 1 rings (SSSR count). The van der Waals surface area contributed by atoms with Crippen LogP contribution in [0.3, 0.4) is 0 Å². The number of rotatable bonds is 6. The maximum atomic E-state index is 10.8. The Labute approximate surface area is 93.2 Å². The molecule has 0 saturated carbocycles. The fraction of sp³-hybridized carbons (Fsp3) is 0.667. The largest absolute Gasteiger partial charge is 0.476 e. The molecule has 0 aromatic carbocycles. The summed E-state index contributed by atoms with van der Waals surface area (Å²) in [6.07, 6.45) is 0.129. The molecular weight excluding hydrogens is 212 g/mol. The average molecular weight is 228 g/mol. The summed E-state index contributed by atoms with van der Waals surface area (Å²) >= 11 is 0. The Hall–Kier alpha value is -1.47. The van der Waals surface area contributed by atoms with Gasteiger partial charge >= 0.3 is 5.97 Å². The first-order valence-corrected chi connectivity index (χ1v) is 5.03. The summed E-state index contributed by atoms with van der Waals surface area (Å²) in [6, 6.07) is 0. The second-order valence-electron chi connectivity index (χ2n) is 3.54. The molecule has 0 fully saturated rings. The molecule has 1 aromatic rings. The van der Waals surface area contributed by atoms with Crippen molar-refractivity contribution in [3.63, 3.8) is 0 Å². The van der Waals surface area contributed by atoms with Crippen molar-refractivity contribution in [3.05, 3.63) is 11.4 Å². The topological polar surface area (TPSA) is 103 Å². The molecule has 7 heteroatoms. The van der Waals surface area contributed by atoms with E-state index in [-0.39, 0.29) is 18.3 Å². The highest BCUT2D eigenvalue weighted by Crippen LogP contribution is 2.04. The van der Waals surface area contributed by atoms with Gasteiger partial charge in [0.25, 0.3) is 0 Å². The number of hydrogen-bond acceptors (Lipinski definition) is 5. The van der Waals surface area contributed by atoms with Crippen LogP contribution >= 0.6 is 0 Å². The maximum Gasteiger partial charge on any atom is 0.358 e. The van der Waals surface area contributed by atoms with E-state index in [0.717, 1.165) is 0 Å². The highest BCUT2D eigenvalue weighted by molar-refractivity contribution is 5.86. The van der Waals surface area contributed by atoms with E-state index in [9.17, 15) is 4.79 Å². The molecule has 0 bridgehead atoms. The van der Waals surface area contributed by atoms with Gasteiger partial charge in [-0.15, -0.1) is 5.10 Å². The van der Waals surface area contributed by atoms with E-state index < -0.39 is 5.97 Å². The van der Waals surface area contributed by atoms with Gasteiger partial charge in [0.1, 0.15) is 0 Å². The number of nitrogens with zero attached hydrogens (tertiary/aromatic N) is 3. The minimum atomic E-state index is -1.11. The molecule has 0 atom stereocenters. The van der Waals surface area contributed by atoms with Crippen molar-refractivity contribution in [2.24, 2.45) is 5.73 Å². The van der Waals surface area contributed by atoms with Gasteiger partial charge < -0.3 is 15.6 Å². The lowest BCUT2D eigenvalue weighted by molar-refractivity contribution is 0.0681. The lowest BCUT2D eigenvalue weighted by Crippen LogP contribution is -2.16. The molecule has 0 saturated heterocycles. The van der Waals surface area contributed by atoms with E-state index in [1.807, 2.05) is 13.8 Å². The summed E-state index contributed by atoms with van der Waals surface area (Å²) in [5, 5.41) is 16.1. The normalized spacial score (nSPS) is 11.0. The molecule has 7 nitrogen and oxygen atoms in total. The molecule has 16 heavy (non-hydrogen) atoms. The van der Waals surface area contributed by atoms with E-state index in [2.05, 4.69) is 10.3 Å². The third kappa shape index (κ3) is 3.01. The van der Waals surface area contributed by atoms with Gasteiger partial charge in [-0.05, 0) is 13.8 Å². The average Bonchev–Trinajstić information content (AvgIpc) is 2.60. The fourth-order valence-electron chi connectivity index (χ4n) is 1.26. The molecule has 0 aliphatic rings. The third-order valence-electron chi connectivity index (χ3n) is 1.99. The van der Waals surface area contributed by atoms with Crippen LogP contribution in [0.15, 0.2) is 0 Å². The van der Waals surface area contributed by atoms with E-state index >= 15 is 0 Å². The molecule has 0 aliphatic heterocycles. The first-order valence-electron chi connectivity index (χ1n) is 5.03. The monoisotopic (exact) mass is 228 g/mol. The number of carbonyl (C=O) groups is 1. The van der Waals surface area contributed by atoms with Gasteiger partial charge in [0.05, 0.1) is 24.9 Å². The Morgan fingerprint density at radius 2 is 2.31 bits per heavy atom. The van der Waals surface area contributed by atoms with Crippen LogP contribution < -0.4 is 5.73 Å². The zero-order valence-corrected chi connectivity index (χ0v) is 9.38. The minimum Gasteiger partial charge on any atom is -0.476 e. The zero-order chi connectivity index (χ0) is 12.1. The van der Waals surface area contributed by atoms with Crippen LogP contribution in [0, 0.1) is 0 Å². The summed E-state index contributed by atoms with van der Waals surface area (Å²) in [4.78, 5) is 10.8. The number of ether oxygens (including phenoxy) is 1. The second-order valence-corrected chi connectivity index (χ2v) is 3.54. The molecule has 0 aliphatic carbocycles. The van der Waals surface area contributed by atoms with Crippen LogP contribution in [0.5, 0.6) is 0 Å². The summed E-state index contributed by atoms with van der Waals surface area (Å²) in [5.41, 5.74) is 5.79. The maximum absolute atomic E-state index is 10.8. The Bertz CT molecular complexity index is 362. The van der Waals surface area contributed by atoms with Gasteiger partial charge in [-0.2, -0.15) is 0 Å². The number of aromatic nitrogens is 3. The molecule has 1 aromatic heterocycles. The molecular formula is C9H16N4O3. The zero-order valence-electron chi connectivity index (χ0n) is 9.38. The molecule has 0 spiro atoms. The number of carboxylic acids is 1. The van der Waals surface area contributed by atoms with E-state index in [1.54, 1.807) is 0 Å². The van der Waals surface area contributed by atoms with Gasteiger partial charge in [-0.1, -0.05) is 5.21 Å². The number of hydrogen-bond donors (Lipinski definition) is 2. The quantitative estimate of drug-likeness (QED) is 0.702. The van der Waals surface area contributed by atoms with Gasteiger partial charge in [0, 0.05) is 6.54 Å².